The number of hydrogen-bond donors (Lipinski definition) is 1. The molecule has 0 radical (unpaired) electrons. The predicted octanol–water partition coefficient (Wildman–Crippen LogP) is 4.38. The number of ketones is 2. The molecular formula is C18H16ClFO3. The van der Waals surface area contributed by atoms with E-state index in [0.717, 1.165) is 12.1 Å². The van der Waals surface area contributed by atoms with Crippen molar-refractivity contribution in [3.05, 3.63) is 64.4 Å². The summed E-state index contributed by atoms with van der Waals surface area (Å²) >= 11 is 5.85. The molecule has 0 heterocycles. The van der Waals surface area contributed by atoms with E-state index in [-0.39, 0.29) is 17.3 Å². The normalized spacial score (nSPS) is 12.2. The van der Waals surface area contributed by atoms with Crippen LogP contribution in [0.4, 0.5) is 4.39 Å². The molecule has 5 heteroatoms. The fraction of sp³-hybridized carbons (Fsp3) is 0.222. The molecule has 2 aromatic carbocycles. The Bertz CT molecular complexity index is 738. The number of rotatable bonds is 5. The first-order valence-electron chi connectivity index (χ1n) is 7.13. The van der Waals surface area contributed by atoms with Crippen LogP contribution in [0, 0.1) is 11.7 Å². The van der Waals surface area contributed by atoms with Crippen molar-refractivity contribution in [3.63, 3.8) is 0 Å². The minimum absolute atomic E-state index is 0.0830. The van der Waals surface area contributed by atoms with Gasteiger partial charge in [-0.1, -0.05) is 37.6 Å². The molecule has 1 unspecified atom stereocenters. The summed E-state index contributed by atoms with van der Waals surface area (Å²) in [6, 6.07) is 9.50. The number of benzene rings is 2. The van der Waals surface area contributed by atoms with Gasteiger partial charge < -0.3 is 5.11 Å². The van der Waals surface area contributed by atoms with Crippen LogP contribution in [0.1, 0.15) is 35.7 Å². The summed E-state index contributed by atoms with van der Waals surface area (Å²) in [5, 5.41) is 10.3. The zero-order valence-electron chi connectivity index (χ0n) is 12.7. The Hall–Kier alpha value is -2.20. The van der Waals surface area contributed by atoms with Crippen LogP contribution < -0.4 is 0 Å². The summed E-state index contributed by atoms with van der Waals surface area (Å²) < 4.78 is 13.1. The number of carbonyl (C=O) groups is 2. The maximum atomic E-state index is 13.1. The molecule has 0 amide bonds. The number of hydrogen-bond acceptors (Lipinski definition) is 3. The van der Waals surface area contributed by atoms with Gasteiger partial charge in [0, 0.05) is 17.0 Å². The van der Waals surface area contributed by atoms with Crippen molar-refractivity contribution < 1.29 is 19.1 Å². The molecule has 120 valence electrons. The molecular weight excluding hydrogens is 319 g/mol. The van der Waals surface area contributed by atoms with E-state index < -0.39 is 23.3 Å². The predicted molar refractivity (Wildman–Crippen MR) is 86.4 cm³/mol. The van der Waals surface area contributed by atoms with Crippen LogP contribution in [0.3, 0.4) is 0 Å². The fourth-order valence-corrected chi connectivity index (χ4v) is 2.43. The number of halogens is 2. The highest BCUT2D eigenvalue weighted by Crippen LogP contribution is 2.30. The fourth-order valence-electron chi connectivity index (χ4n) is 2.30. The average Bonchev–Trinajstić information content (AvgIpc) is 2.49. The summed E-state index contributed by atoms with van der Waals surface area (Å²) in [7, 11) is 0. The Morgan fingerprint density at radius 3 is 2.22 bits per heavy atom. The Morgan fingerprint density at radius 2 is 1.70 bits per heavy atom. The Morgan fingerprint density at radius 1 is 1.09 bits per heavy atom. The van der Waals surface area contributed by atoms with Crippen molar-refractivity contribution in [2.75, 3.05) is 0 Å². The zero-order valence-corrected chi connectivity index (χ0v) is 13.5. The SMILES string of the molecule is CC(C)C(=O)C(C(=O)c1ccc(F)cc1O)c1ccc(Cl)cc1. The lowest BCUT2D eigenvalue weighted by atomic mass is 9.83. The van der Waals surface area contributed by atoms with Crippen molar-refractivity contribution >= 4 is 23.2 Å². The highest BCUT2D eigenvalue weighted by molar-refractivity contribution is 6.30. The van der Waals surface area contributed by atoms with Gasteiger partial charge in [-0.05, 0) is 29.8 Å². The molecule has 0 saturated carbocycles. The number of carbonyl (C=O) groups excluding carboxylic acids is 2. The van der Waals surface area contributed by atoms with Crippen LogP contribution >= 0.6 is 11.6 Å². The third-order valence-electron chi connectivity index (χ3n) is 3.54. The molecule has 0 saturated heterocycles. The maximum absolute atomic E-state index is 13.1. The summed E-state index contributed by atoms with van der Waals surface area (Å²) in [6.45, 7) is 3.39. The number of Topliss-reactive ketones (excluding diaryl/α,β-unsaturated/α-hetero) is 2. The first kappa shape index (κ1) is 17.2. The van der Waals surface area contributed by atoms with E-state index in [1.54, 1.807) is 38.1 Å². The lowest BCUT2D eigenvalue weighted by Gasteiger charge is -2.18. The average molecular weight is 335 g/mol. The van der Waals surface area contributed by atoms with Crippen molar-refractivity contribution in [1.29, 1.82) is 0 Å². The minimum atomic E-state index is -1.07. The summed E-state index contributed by atoms with van der Waals surface area (Å²) in [4.78, 5) is 25.3. The molecule has 23 heavy (non-hydrogen) atoms. The molecule has 1 N–H and O–H groups in total. The lowest BCUT2D eigenvalue weighted by Crippen LogP contribution is -2.26. The molecule has 0 spiro atoms. The first-order valence-corrected chi connectivity index (χ1v) is 7.51. The zero-order chi connectivity index (χ0) is 17.1. The largest absolute Gasteiger partial charge is 0.507 e. The van der Waals surface area contributed by atoms with Gasteiger partial charge in [0.25, 0.3) is 0 Å². The molecule has 2 rings (SSSR count). The van der Waals surface area contributed by atoms with Crippen LogP contribution in [-0.4, -0.2) is 16.7 Å². The standard InChI is InChI=1S/C18H16ClFO3/c1-10(2)17(22)16(11-3-5-12(19)6-4-11)18(23)14-8-7-13(20)9-15(14)21/h3-10,16,21H,1-2H3. The molecule has 1 atom stereocenters. The van der Waals surface area contributed by atoms with Gasteiger partial charge in [0.1, 0.15) is 17.5 Å². The smallest absolute Gasteiger partial charge is 0.181 e. The van der Waals surface area contributed by atoms with Gasteiger partial charge in [-0.2, -0.15) is 0 Å². The van der Waals surface area contributed by atoms with Crippen molar-refractivity contribution in [2.45, 2.75) is 19.8 Å². The van der Waals surface area contributed by atoms with Gasteiger partial charge in [0.2, 0.25) is 0 Å². The Kier molecular flexibility index (Phi) is 5.16. The molecule has 2 aromatic rings. The molecule has 0 aromatic heterocycles. The second-order valence-electron chi connectivity index (χ2n) is 5.57. The quantitative estimate of drug-likeness (QED) is 0.652. The first-order chi connectivity index (χ1) is 10.8. The molecule has 0 aliphatic carbocycles. The van der Waals surface area contributed by atoms with Gasteiger partial charge in [-0.15, -0.1) is 0 Å². The van der Waals surface area contributed by atoms with Gasteiger partial charge in [0.15, 0.2) is 11.6 Å². The topological polar surface area (TPSA) is 54.4 Å². The molecule has 0 bridgehead atoms. The van der Waals surface area contributed by atoms with E-state index in [2.05, 4.69) is 0 Å². The summed E-state index contributed by atoms with van der Waals surface area (Å²) in [5.74, 6) is -3.42. The van der Waals surface area contributed by atoms with E-state index in [1.165, 1.54) is 6.07 Å². The van der Waals surface area contributed by atoms with E-state index in [9.17, 15) is 19.1 Å². The van der Waals surface area contributed by atoms with E-state index in [0.29, 0.717) is 10.6 Å². The number of phenolic OH excluding ortho intramolecular Hbond substituents is 1. The molecule has 0 aliphatic rings. The van der Waals surface area contributed by atoms with Crippen molar-refractivity contribution in [2.24, 2.45) is 5.92 Å². The molecule has 3 nitrogen and oxygen atoms in total. The monoisotopic (exact) mass is 334 g/mol. The van der Waals surface area contributed by atoms with E-state index >= 15 is 0 Å². The Balaban J connectivity index is 2.50. The van der Waals surface area contributed by atoms with Crippen LogP contribution in [0.5, 0.6) is 5.75 Å². The minimum Gasteiger partial charge on any atom is -0.507 e. The van der Waals surface area contributed by atoms with Crippen molar-refractivity contribution in [1.82, 2.24) is 0 Å². The number of aromatic hydroxyl groups is 1. The summed E-state index contributed by atoms with van der Waals surface area (Å²) in [5.41, 5.74) is 0.405. The molecule has 0 aliphatic heterocycles. The van der Waals surface area contributed by atoms with Crippen LogP contribution in [0.2, 0.25) is 5.02 Å². The van der Waals surface area contributed by atoms with E-state index in [1.807, 2.05) is 0 Å². The van der Waals surface area contributed by atoms with E-state index in [4.69, 9.17) is 11.6 Å². The highest BCUT2D eigenvalue weighted by atomic mass is 35.5. The third kappa shape index (κ3) is 3.77. The van der Waals surface area contributed by atoms with Gasteiger partial charge >= 0.3 is 0 Å². The third-order valence-corrected chi connectivity index (χ3v) is 3.80. The van der Waals surface area contributed by atoms with Crippen LogP contribution in [0.15, 0.2) is 42.5 Å². The second kappa shape index (κ2) is 6.92. The van der Waals surface area contributed by atoms with Crippen LogP contribution in [-0.2, 0) is 4.79 Å². The maximum Gasteiger partial charge on any atom is 0.181 e. The molecule has 0 fully saturated rings. The van der Waals surface area contributed by atoms with Crippen LogP contribution in [0.25, 0.3) is 0 Å². The van der Waals surface area contributed by atoms with Crippen molar-refractivity contribution in [3.8, 4) is 5.75 Å². The second-order valence-corrected chi connectivity index (χ2v) is 6.00. The Labute approximate surface area is 138 Å². The lowest BCUT2D eigenvalue weighted by molar-refractivity contribution is -0.122. The number of phenols is 1. The van der Waals surface area contributed by atoms with Gasteiger partial charge in [-0.25, -0.2) is 4.39 Å². The van der Waals surface area contributed by atoms with Gasteiger partial charge in [0.05, 0.1) is 5.56 Å². The highest BCUT2D eigenvalue weighted by Gasteiger charge is 2.32. The van der Waals surface area contributed by atoms with Gasteiger partial charge in [-0.3, -0.25) is 9.59 Å². The summed E-state index contributed by atoms with van der Waals surface area (Å²) in [6.07, 6.45) is 0.